The monoisotopic (exact) mass is 307 g/mol. The van der Waals surface area contributed by atoms with Crippen LogP contribution in [0.25, 0.3) is 0 Å². The number of Topliss-reactive ketones (excluding diaryl/α,β-unsaturated/α-hetero) is 1. The molecule has 3 rings (SSSR count). The van der Waals surface area contributed by atoms with Crippen molar-refractivity contribution in [2.24, 2.45) is 5.92 Å². The van der Waals surface area contributed by atoms with Crippen LogP contribution < -0.4 is 0 Å². The van der Waals surface area contributed by atoms with Crippen LogP contribution in [-0.4, -0.2) is 29.7 Å². The number of likely N-dealkylation sites (tertiary alicyclic amines) is 1. The molecule has 0 aliphatic carbocycles. The van der Waals surface area contributed by atoms with E-state index >= 15 is 0 Å². The molecule has 1 saturated heterocycles. The molecule has 0 spiro atoms. The van der Waals surface area contributed by atoms with Crippen LogP contribution in [0.15, 0.2) is 54.6 Å². The van der Waals surface area contributed by atoms with E-state index in [1.807, 2.05) is 66.4 Å². The summed E-state index contributed by atoms with van der Waals surface area (Å²) in [7, 11) is 0. The first-order valence-electron chi connectivity index (χ1n) is 8.10. The van der Waals surface area contributed by atoms with Crippen molar-refractivity contribution in [2.45, 2.75) is 19.8 Å². The fraction of sp³-hybridized carbons (Fsp3) is 0.300. The first kappa shape index (κ1) is 15.5. The number of carbonyl (C=O) groups is 2. The molecule has 118 valence electrons. The quantitative estimate of drug-likeness (QED) is 0.810. The van der Waals surface area contributed by atoms with Crippen molar-refractivity contribution in [1.82, 2.24) is 4.90 Å². The molecule has 23 heavy (non-hydrogen) atoms. The number of nitrogens with zero attached hydrogens (tertiary/aromatic N) is 1. The minimum absolute atomic E-state index is 0.0268. The first-order valence-corrected chi connectivity index (χ1v) is 8.10. The van der Waals surface area contributed by atoms with Gasteiger partial charge < -0.3 is 4.90 Å². The Bertz CT molecular complexity index is 701. The molecular weight excluding hydrogens is 286 g/mol. The topological polar surface area (TPSA) is 37.4 Å². The van der Waals surface area contributed by atoms with Crippen LogP contribution in [0.4, 0.5) is 0 Å². The number of benzene rings is 2. The summed E-state index contributed by atoms with van der Waals surface area (Å²) in [4.78, 5) is 26.9. The van der Waals surface area contributed by atoms with Crippen molar-refractivity contribution in [2.75, 3.05) is 13.1 Å². The van der Waals surface area contributed by atoms with Crippen LogP contribution in [0.1, 0.15) is 39.1 Å². The van der Waals surface area contributed by atoms with E-state index in [2.05, 4.69) is 0 Å². The lowest BCUT2D eigenvalue weighted by Crippen LogP contribution is -2.40. The van der Waals surface area contributed by atoms with Crippen molar-refractivity contribution >= 4 is 11.7 Å². The third-order valence-electron chi connectivity index (χ3n) is 4.48. The molecule has 2 aromatic rings. The molecule has 3 nitrogen and oxygen atoms in total. The Balaban J connectivity index is 1.62. The summed E-state index contributed by atoms with van der Waals surface area (Å²) in [6.45, 7) is 3.29. The third-order valence-corrected chi connectivity index (χ3v) is 4.48. The number of carbonyl (C=O) groups excluding carboxylic acids is 2. The van der Waals surface area contributed by atoms with Crippen molar-refractivity contribution < 1.29 is 9.59 Å². The largest absolute Gasteiger partial charge is 0.339 e. The Kier molecular flexibility index (Phi) is 4.56. The highest BCUT2D eigenvalue weighted by Crippen LogP contribution is 2.23. The molecule has 0 saturated carbocycles. The summed E-state index contributed by atoms with van der Waals surface area (Å²) in [6, 6.07) is 17.1. The predicted octanol–water partition coefficient (Wildman–Crippen LogP) is 3.73. The number of rotatable bonds is 3. The molecule has 2 aromatic carbocycles. The number of amides is 1. The van der Waals surface area contributed by atoms with Gasteiger partial charge in [-0.2, -0.15) is 0 Å². The smallest absolute Gasteiger partial charge is 0.253 e. The molecular formula is C20H21NO2. The SMILES string of the molecule is Cc1cccc(C(=O)N2CCC(C(=O)c3ccccc3)CC2)c1. The highest BCUT2D eigenvalue weighted by molar-refractivity contribution is 5.98. The molecule has 0 radical (unpaired) electrons. The van der Waals surface area contributed by atoms with Gasteiger partial charge in [-0.15, -0.1) is 0 Å². The van der Waals surface area contributed by atoms with E-state index in [0.29, 0.717) is 13.1 Å². The van der Waals surface area contributed by atoms with Gasteiger partial charge in [-0.1, -0.05) is 48.0 Å². The van der Waals surface area contributed by atoms with Gasteiger partial charge in [0.2, 0.25) is 0 Å². The van der Waals surface area contributed by atoms with Crippen molar-refractivity contribution in [3.8, 4) is 0 Å². The van der Waals surface area contributed by atoms with Crippen LogP contribution >= 0.6 is 0 Å². The second-order valence-corrected chi connectivity index (χ2v) is 6.17. The fourth-order valence-electron chi connectivity index (χ4n) is 3.14. The van der Waals surface area contributed by atoms with E-state index in [4.69, 9.17) is 0 Å². The Morgan fingerprint density at radius 2 is 1.57 bits per heavy atom. The minimum Gasteiger partial charge on any atom is -0.339 e. The standard InChI is InChI=1S/C20H21NO2/c1-15-6-5-9-18(14-15)20(23)21-12-10-17(11-13-21)19(22)16-7-3-2-4-8-16/h2-9,14,17H,10-13H2,1H3. The van der Waals surface area contributed by atoms with Crippen molar-refractivity contribution in [3.05, 3.63) is 71.3 Å². The molecule has 1 aliphatic rings. The highest BCUT2D eigenvalue weighted by atomic mass is 16.2. The molecule has 1 aliphatic heterocycles. The summed E-state index contributed by atoms with van der Waals surface area (Å²) in [5.74, 6) is 0.298. The van der Waals surface area contributed by atoms with Crippen LogP contribution in [0.5, 0.6) is 0 Å². The van der Waals surface area contributed by atoms with Crippen LogP contribution in [0.3, 0.4) is 0 Å². The molecule has 3 heteroatoms. The minimum atomic E-state index is 0.0268. The van der Waals surface area contributed by atoms with Crippen molar-refractivity contribution in [1.29, 1.82) is 0 Å². The van der Waals surface area contributed by atoms with Crippen molar-refractivity contribution in [3.63, 3.8) is 0 Å². The zero-order valence-electron chi connectivity index (χ0n) is 13.4. The van der Waals surface area contributed by atoms with Gasteiger partial charge >= 0.3 is 0 Å². The van der Waals surface area contributed by atoms with Gasteiger partial charge in [-0.3, -0.25) is 9.59 Å². The Hall–Kier alpha value is -2.42. The first-order chi connectivity index (χ1) is 11.1. The van der Waals surface area contributed by atoms with Gasteiger partial charge in [0.25, 0.3) is 5.91 Å². The fourth-order valence-corrected chi connectivity index (χ4v) is 3.14. The molecule has 1 fully saturated rings. The zero-order valence-corrected chi connectivity index (χ0v) is 13.4. The highest BCUT2D eigenvalue weighted by Gasteiger charge is 2.28. The van der Waals surface area contributed by atoms with Gasteiger partial charge in [0, 0.05) is 30.1 Å². The van der Waals surface area contributed by atoms with E-state index < -0.39 is 0 Å². The number of ketones is 1. The average Bonchev–Trinajstić information content (AvgIpc) is 2.61. The summed E-state index contributed by atoms with van der Waals surface area (Å²) in [5, 5.41) is 0. The molecule has 1 heterocycles. The number of aryl methyl sites for hydroxylation is 1. The molecule has 0 atom stereocenters. The van der Waals surface area contributed by atoms with Gasteiger partial charge in [-0.05, 0) is 31.9 Å². The normalized spacial score (nSPS) is 15.4. The van der Waals surface area contributed by atoms with E-state index in [1.54, 1.807) is 0 Å². The summed E-state index contributed by atoms with van der Waals surface area (Å²) < 4.78 is 0. The van der Waals surface area contributed by atoms with Crippen LogP contribution in [-0.2, 0) is 0 Å². The maximum Gasteiger partial charge on any atom is 0.253 e. The maximum absolute atomic E-state index is 12.5. The Morgan fingerprint density at radius 3 is 2.22 bits per heavy atom. The third kappa shape index (κ3) is 3.50. The van der Waals surface area contributed by atoms with E-state index in [9.17, 15) is 9.59 Å². The van der Waals surface area contributed by atoms with E-state index in [0.717, 1.165) is 29.5 Å². The Labute approximate surface area is 136 Å². The predicted molar refractivity (Wildman–Crippen MR) is 90.6 cm³/mol. The summed E-state index contributed by atoms with van der Waals surface area (Å²) in [5.41, 5.74) is 2.60. The summed E-state index contributed by atoms with van der Waals surface area (Å²) in [6.07, 6.45) is 1.48. The van der Waals surface area contributed by atoms with E-state index in [1.165, 1.54) is 0 Å². The molecule has 1 amide bonds. The lowest BCUT2D eigenvalue weighted by Gasteiger charge is -2.31. The number of hydrogen-bond donors (Lipinski definition) is 0. The van der Waals surface area contributed by atoms with Crippen LogP contribution in [0, 0.1) is 12.8 Å². The van der Waals surface area contributed by atoms with Gasteiger partial charge in [0.15, 0.2) is 5.78 Å². The Morgan fingerprint density at radius 1 is 0.913 bits per heavy atom. The van der Waals surface area contributed by atoms with Gasteiger partial charge in [0.1, 0.15) is 0 Å². The molecule has 0 bridgehead atoms. The maximum atomic E-state index is 12.5. The number of piperidine rings is 1. The lowest BCUT2D eigenvalue weighted by molar-refractivity contribution is 0.0650. The second-order valence-electron chi connectivity index (χ2n) is 6.17. The lowest BCUT2D eigenvalue weighted by atomic mass is 9.88. The van der Waals surface area contributed by atoms with Gasteiger partial charge in [-0.25, -0.2) is 0 Å². The van der Waals surface area contributed by atoms with E-state index in [-0.39, 0.29) is 17.6 Å². The molecule has 0 N–H and O–H groups in total. The zero-order chi connectivity index (χ0) is 16.2. The average molecular weight is 307 g/mol. The summed E-state index contributed by atoms with van der Waals surface area (Å²) >= 11 is 0. The second kappa shape index (κ2) is 6.78. The van der Waals surface area contributed by atoms with Gasteiger partial charge in [0.05, 0.1) is 0 Å². The number of hydrogen-bond acceptors (Lipinski definition) is 2. The molecule has 0 unspecified atom stereocenters. The molecule has 0 aromatic heterocycles. The van der Waals surface area contributed by atoms with Crippen LogP contribution in [0.2, 0.25) is 0 Å².